The molecule has 0 N–H and O–H groups in total. The average Bonchev–Trinajstić information content (AvgIpc) is 2.95. The molecule has 5 rings (SSSR count). The highest BCUT2D eigenvalue weighted by Gasteiger charge is 2.29. The summed E-state index contributed by atoms with van der Waals surface area (Å²) in [6.07, 6.45) is 6.32. The monoisotopic (exact) mass is 327 g/mol. The summed E-state index contributed by atoms with van der Waals surface area (Å²) >= 11 is 0. The Morgan fingerprint density at radius 1 is 0.840 bits per heavy atom. The van der Waals surface area contributed by atoms with Crippen LogP contribution in [-0.2, 0) is 0 Å². The molecule has 1 saturated carbocycles. The first-order valence-electron chi connectivity index (χ1n) is 9.26. The van der Waals surface area contributed by atoms with Crippen molar-refractivity contribution in [3.8, 4) is 11.3 Å². The number of rotatable bonds is 1. The fraction of sp³-hybridized carbons (Fsp3) is 0.318. The predicted octanol–water partition coefficient (Wildman–Crippen LogP) is 5.09. The zero-order chi connectivity index (χ0) is 16.8. The van der Waals surface area contributed by atoms with Crippen LogP contribution in [0.25, 0.3) is 22.3 Å². The topological polar surface area (TPSA) is 38.1 Å². The molecular weight excluding hydrogens is 306 g/mol. The SMILES string of the molecule is Cc1cccc2nc3c(nc12)-c1ccccc1C3=NC1CCCCC1. The first-order valence-corrected chi connectivity index (χ1v) is 9.26. The molecule has 2 aromatic carbocycles. The van der Waals surface area contributed by atoms with Crippen molar-refractivity contribution in [3.05, 3.63) is 59.3 Å². The van der Waals surface area contributed by atoms with Gasteiger partial charge in [-0.15, -0.1) is 0 Å². The van der Waals surface area contributed by atoms with Crippen molar-refractivity contribution in [2.75, 3.05) is 0 Å². The van der Waals surface area contributed by atoms with E-state index in [1.54, 1.807) is 0 Å². The molecule has 3 aromatic rings. The fourth-order valence-corrected chi connectivity index (χ4v) is 4.12. The van der Waals surface area contributed by atoms with Gasteiger partial charge in [0.15, 0.2) is 0 Å². The molecule has 0 amide bonds. The van der Waals surface area contributed by atoms with Gasteiger partial charge >= 0.3 is 0 Å². The van der Waals surface area contributed by atoms with E-state index >= 15 is 0 Å². The fourth-order valence-electron chi connectivity index (χ4n) is 4.12. The Labute approximate surface area is 147 Å². The molecule has 0 atom stereocenters. The largest absolute Gasteiger partial charge is 0.279 e. The van der Waals surface area contributed by atoms with Gasteiger partial charge in [-0.25, -0.2) is 9.97 Å². The van der Waals surface area contributed by atoms with Crippen LogP contribution < -0.4 is 0 Å². The Balaban J connectivity index is 1.75. The minimum absolute atomic E-state index is 0.428. The Kier molecular flexibility index (Phi) is 3.40. The van der Waals surface area contributed by atoms with Gasteiger partial charge in [-0.05, 0) is 31.4 Å². The predicted molar refractivity (Wildman–Crippen MR) is 102 cm³/mol. The number of benzene rings is 2. The average molecular weight is 327 g/mol. The quantitative estimate of drug-likeness (QED) is 0.488. The summed E-state index contributed by atoms with van der Waals surface area (Å²) in [5.74, 6) is 0. The Hall–Kier alpha value is -2.55. The maximum absolute atomic E-state index is 5.16. The highest BCUT2D eigenvalue weighted by Crippen LogP contribution is 2.37. The minimum Gasteiger partial charge on any atom is -0.279 e. The third kappa shape index (κ3) is 2.38. The molecule has 1 fully saturated rings. The highest BCUT2D eigenvalue weighted by molar-refractivity contribution is 6.23. The molecule has 3 nitrogen and oxygen atoms in total. The van der Waals surface area contributed by atoms with Gasteiger partial charge in [0.25, 0.3) is 0 Å². The van der Waals surface area contributed by atoms with Crippen molar-refractivity contribution in [3.63, 3.8) is 0 Å². The van der Waals surface area contributed by atoms with Crippen molar-refractivity contribution < 1.29 is 0 Å². The van der Waals surface area contributed by atoms with E-state index in [1.165, 1.54) is 48.8 Å². The third-order valence-electron chi connectivity index (χ3n) is 5.44. The van der Waals surface area contributed by atoms with Crippen LogP contribution in [0.15, 0.2) is 47.5 Å². The molecule has 0 saturated heterocycles. The summed E-state index contributed by atoms with van der Waals surface area (Å²) in [7, 11) is 0. The zero-order valence-corrected chi connectivity index (χ0v) is 14.5. The second kappa shape index (κ2) is 5.76. The number of hydrogen-bond acceptors (Lipinski definition) is 3. The number of aryl methyl sites for hydroxylation is 1. The molecule has 2 aliphatic carbocycles. The van der Waals surface area contributed by atoms with E-state index in [2.05, 4.69) is 49.4 Å². The Morgan fingerprint density at radius 2 is 1.64 bits per heavy atom. The molecular formula is C22H21N3. The van der Waals surface area contributed by atoms with Gasteiger partial charge < -0.3 is 0 Å². The van der Waals surface area contributed by atoms with Gasteiger partial charge in [-0.3, -0.25) is 4.99 Å². The van der Waals surface area contributed by atoms with Crippen molar-refractivity contribution >= 4 is 16.7 Å². The maximum atomic E-state index is 5.16. The number of hydrogen-bond donors (Lipinski definition) is 0. The van der Waals surface area contributed by atoms with Crippen molar-refractivity contribution in [2.45, 2.75) is 45.1 Å². The van der Waals surface area contributed by atoms with Crippen LogP contribution in [0.5, 0.6) is 0 Å². The molecule has 0 unspecified atom stereocenters. The van der Waals surface area contributed by atoms with Crippen molar-refractivity contribution in [2.24, 2.45) is 4.99 Å². The molecule has 3 heteroatoms. The minimum atomic E-state index is 0.428. The second-order valence-corrected chi connectivity index (χ2v) is 7.18. The van der Waals surface area contributed by atoms with Gasteiger partial charge in [0, 0.05) is 11.1 Å². The van der Waals surface area contributed by atoms with Crippen molar-refractivity contribution in [1.82, 2.24) is 9.97 Å². The summed E-state index contributed by atoms with van der Waals surface area (Å²) in [4.78, 5) is 15.1. The van der Waals surface area contributed by atoms with Gasteiger partial charge in [-0.1, -0.05) is 55.7 Å². The third-order valence-corrected chi connectivity index (χ3v) is 5.44. The van der Waals surface area contributed by atoms with Gasteiger partial charge in [0.05, 0.1) is 28.5 Å². The molecule has 1 aromatic heterocycles. The molecule has 1 heterocycles. The molecule has 0 bridgehead atoms. The summed E-state index contributed by atoms with van der Waals surface area (Å²) in [5, 5.41) is 0. The van der Waals surface area contributed by atoms with Crippen LogP contribution in [-0.4, -0.2) is 21.7 Å². The van der Waals surface area contributed by atoms with Crippen LogP contribution in [0.2, 0.25) is 0 Å². The first kappa shape index (κ1) is 14.8. The van der Waals surface area contributed by atoms with E-state index in [-0.39, 0.29) is 0 Å². The summed E-state index contributed by atoms with van der Waals surface area (Å²) in [5.41, 5.74) is 8.49. The number of nitrogens with zero attached hydrogens (tertiary/aromatic N) is 3. The van der Waals surface area contributed by atoms with Crippen LogP contribution in [0.4, 0.5) is 0 Å². The lowest BCUT2D eigenvalue weighted by atomic mass is 9.95. The number of aliphatic imine (C=N–C) groups is 1. The molecule has 0 radical (unpaired) electrons. The Morgan fingerprint density at radius 3 is 2.48 bits per heavy atom. The van der Waals surface area contributed by atoms with E-state index in [1.807, 2.05) is 0 Å². The molecule has 124 valence electrons. The second-order valence-electron chi connectivity index (χ2n) is 7.18. The van der Waals surface area contributed by atoms with Crippen molar-refractivity contribution in [1.29, 1.82) is 0 Å². The highest BCUT2D eigenvalue weighted by atomic mass is 14.9. The van der Waals surface area contributed by atoms with E-state index < -0.39 is 0 Å². The van der Waals surface area contributed by atoms with Crippen LogP contribution in [0.1, 0.15) is 48.9 Å². The maximum Gasteiger partial charge on any atom is 0.116 e. The standard InChI is InChI=1S/C22H21N3/c1-14-8-7-13-18-19(14)25-21-17-12-6-5-11-16(17)20(22(21)24-18)23-15-9-3-2-4-10-15/h5-8,11-13,15H,2-4,9-10H2,1H3. The lowest BCUT2D eigenvalue weighted by Crippen LogP contribution is -2.14. The number of aromatic nitrogens is 2. The van der Waals surface area contributed by atoms with E-state index in [4.69, 9.17) is 15.0 Å². The molecule has 25 heavy (non-hydrogen) atoms. The van der Waals surface area contributed by atoms with E-state index in [0.29, 0.717) is 6.04 Å². The summed E-state index contributed by atoms with van der Waals surface area (Å²) < 4.78 is 0. The van der Waals surface area contributed by atoms with E-state index in [0.717, 1.165) is 28.1 Å². The van der Waals surface area contributed by atoms with Crippen LogP contribution >= 0.6 is 0 Å². The summed E-state index contributed by atoms with van der Waals surface area (Å²) in [6.45, 7) is 2.10. The van der Waals surface area contributed by atoms with E-state index in [9.17, 15) is 0 Å². The number of para-hydroxylation sites is 1. The lowest BCUT2D eigenvalue weighted by molar-refractivity contribution is 0.443. The van der Waals surface area contributed by atoms with Gasteiger partial charge in [0.2, 0.25) is 0 Å². The number of fused-ring (bicyclic) bond motifs is 4. The first-order chi connectivity index (χ1) is 12.3. The van der Waals surface area contributed by atoms with Crippen LogP contribution in [0, 0.1) is 6.92 Å². The zero-order valence-electron chi connectivity index (χ0n) is 14.5. The van der Waals surface area contributed by atoms with Gasteiger partial charge in [0.1, 0.15) is 5.69 Å². The molecule has 2 aliphatic rings. The Bertz CT molecular complexity index is 997. The normalized spacial score (nSPS) is 18.5. The smallest absolute Gasteiger partial charge is 0.116 e. The van der Waals surface area contributed by atoms with Crippen LogP contribution in [0.3, 0.4) is 0 Å². The molecule has 0 aliphatic heterocycles. The molecule has 0 spiro atoms. The lowest BCUT2D eigenvalue weighted by Gasteiger charge is -2.18. The summed E-state index contributed by atoms with van der Waals surface area (Å²) in [6, 6.07) is 15.1. The van der Waals surface area contributed by atoms with Gasteiger partial charge in [-0.2, -0.15) is 0 Å².